The molecular weight excluding hydrogens is 352 g/mol. The first-order valence-electron chi connectivity index (χ1n) is 10.2. The molecule has 9 atom stereocenters. The van der Waals surface area contributed by atoms with E-state index in [1.807, 2.05) is 6.92 Å². The SMILES string of the molecule is COC(=O)[C@@H](C)CO[C@H]1O[C@@H]2O[C@]3(C)CC[C@H]4[C@H](C)CC[C@@H]([C@H]1C)[C@@]24OO3. The maximum absolute atomic E-state index is 11.7. The van der Waals surface area contributed by atoms with E-state index in [1.165, 1.54) is 7.11 Å². The Kier molecular flexibility index (Phi) is 5.04. The van der Waals surface area contributed by atoms with Gasteiger partial charge in [-0.25, -0.2) is 9.78 Å². The lowest BCUT2D eigenvalue weighted by atomic mass is 9.58. The van der Waals surface area contributed by atoms with Gasteiger partial charge in [0.1, 0.15) is 0 Å². The molecule has 1 saturated carbocycles. The van der Waals surface area contributed by atoms with Gasteiger partial charge in [-0.1, -0.05) is 13.8 Å². The Morgan fingerprint density at radius 2 is 1.96 bits per heavy atom. The molecule has 154 valence electrons. The lowest BCUT2D eigenvalue weighted by Gasteiger charge is -2.60. The minimum atomic E-state index is -0.790. The lowest BCUT2D eigenvalue weighted by Crippen LogP contribution is -2.70. The molecule has 0 aromatic heterocycles. The second-order valence-corrected chi connectivity index (χ2v) is 9.03. The first-order valence-corrected chi connectivity index (χ1v) is 10.2. The third kappa shape index (κ3) is 3.02. The van der Waals surface area contributed by atoms with E-state index in [2.05, 4.69) is 13.8 Å². The average Bonchev–Trinajstić information content (AvgIpc) is 2.88. The zero-order chi connectivity index (χ0) is 19.4. The number of carbonyl (C=O) groups excluding carboxylic acids is 1. The van der Waals surface area contributed by atoms with Gasteiger partial charge in [-0.15, -0.1) is 0 Å². The van der Waals surface area contributed by atoms with Crippen LogP contribution in [0.3, 0.4) is 0 Å². The predicted octanol–water partition coefficient (Wildman–Crippen LogP) is 3.02. The fraction of sp³-hybridized carbons (Fsp3) is 0.950. The van der Waals surface area contributed by atoms with Crippen LogP contribution in [-0.4, -0.2) is 43.7 Å². The second-order valence-electron chi connectivity index (χ2n) is 9.03. The van der Waals surface area contributed by atoms with Gasteiger partial charge in [-0.05, 0) is 44.9 Å². The molecule has 4 heterocycles. The second kappa shape index (κ2) is 6.95. The summed E-state index contributed by atoms with van der Waals surface area (Å²) < 4.78 is 23.4. The summed E-state index contributed by atoms with van der Waals surface area (Å²) in [6.07, 6.45) is 3.00. The smallest absolute Gasteiger partial charge is 0.310 e. The van der Waals surface area contributed by atoms with Crippen LogP contribution in [0.25, 0.3) is 0 Å². The summed E-state index contributed by atoms with van der Waals surface area (Å²) >= 11 is 0. The number of fused-ring (bicyclic) bond motifs is 2. The van der Waals surface area contributed by atoms with Gasteiger partial charge in [0.25, 0.3) is 0 Å². The van der Waals surface area contributed by atoms with Crippen LogP contribution in [0.5, 0.6) is 0 Å². The van der Waals surface area contributed by atoms with Crippen molar-refractivity contribution in [3.8, 4) is 0 Å². The molecule has 5 fully saturated rings. The summed E-state index contributed by atoms with van der Waals surface area (Å²) in [4.78, 5) is 23.6. The Morgan fingerprint density at radius 1 is 1.19 bits per heavy atom. The molecule has 0 N–H and O–H groups in total. The van der Waals surface area contributed by atoms with Crippen LogP contribution in [0.4, 0.5) is 0 Å². The predicted molar refractivity (Wildman–Crippen MR) is 94.0 cm³/mol. The van der Waals surface area contributed by atoms with Gasteiger partial charge >= 0.3 is 5.97 Å². The molecule has 0 radical (unpaired) electrons. The van der Waals surface area contributed by atoms with Crippen LogP contribution in [0.15, 0.2) is 0 Å². The maximum atomic E-state index is 11.7. The highest BCUT2D eigenvalue weighted by Crippen LogP contribution is 2.60. The Labute approximate surface area is 160 Å². The van der Waals surface area contributed by atoms with E-state index in [1.54, 1.807) is 6.92 Å². The summed E-state index contributed by atoms with van der Waals surface area (Å²) in [7, 11) is 1.39. The minimum Gasteiger partial charge on any atom is -0.469 e. The molecule has 1 spiro atoms. The molecule has 2 bridgehead atoms. The normalized spacial score (nSPS) is 49.8. The minimum absolute atomic E-state index is 0.107. The Morgan fingerprint density at radius 3 is 2.70 bits per heavy atom. The van der Waals surface area contributed by atoms with E-state index in [9.17, 15) is 4.79 Å². The van der Waals surface area contributed by atoms with Gasteiger partial charge in [0.15, 0.2) is 18.2 Å². The van der Waals surface area contributed by atoms with Gasteiger partial charge in [-0.2, -0.15) is 0 Å². The lowest BCUT2D eigenvalue weighted by molar-refractivity contribution is -0.577. The van der Waals surface area contributed by atoms with Gasteiger partial charge < -0.3 is 18.9 Å². The van der Waals surface area contributed by atoms with Gasteiger partial charge in [-0.3, -0.25) is 4.79 Å². The van der Waals surface area contributed by atoms with Crippen molar-refractivity contribution >= 4 is 5.97 Å². The monoisotopic (exact) mass is 384 g/mol. The Bertz CT molecular complexity index is 583. The highest BCUT2D eigenvalue weighted by atomic mass is 17.3. The highest BCUT2D eigenvalue weighted by molar-refractivity contribution is 5.71. The van der Waals surface area contributed by atoms with Crippen molar-refractivity contribution in [2.24, 2.45) is 29.6 Å². The van der Waals surface area contributed by atoms with Crippen LogP contribution < -0.4 is 0 Å². The molecule has 1 aliphatic carbocycles. The van der Waals surface area contributed by atoms with Crippen LogP contribution in [0.1, 0.15) is 53.4 Å². The molecule has 0 amide bonds. The fourth-order valence-corrected chi connectivity index (χ4v) is 5.57. The number of esters is 1. The van der Waals surface area contributed by atoms with Crippen molar-refractivity contribution in [1.29, 1.82) is 0 Å². The molecular formula is C20H32O7. The number of rotatable bonds is 4. The van der Waals surface area contributed by atoms with E-state index in [0.717, 1.165) is 25.7 Å². The Balaban J connectivity index is 1.57. The Hall–Kier alpha value is -0.730. The molecule has 5 aliphatic rings. The fourth-order valence-electron chi connectivity index (χ4n) is 5.57. The summed E-state index contributed by atoms with van der Waals surface area (Å²) in [5, 5.41) is 0. The van der Waals surface area contributed by atoms with Crippen LogP contribution in [0, 0.1) is 29.6 Å². The van der Waals surface area contributed by atoms with E-state index < -0.39 is 24.0 Å². The van der Waals surface area contributed by atoms with Crippen LogP contribution >= 0.6 is 0 Å². The number of hydrogen-bond donors (Lipinski definition) is 0. The first-order chi connectivity index (χ1) is 12.8. The summed E-state index contributed by atoms with van der Waals surface area (Å²) in [5.41, 5.74) is -0.582. The maximum Gasteiger partial charge on any atom is 0.310 e. The van der Waals surface area contributed by atoms with E-state index >= 15 is 0 Å². The van der Waals surface area contributed by atoms with Gasteiger partial charge in [0, 0.05) is 18.3 Å². The van der Waals surface area contributed by atoms with E-state index in [-0.39, 0.29) is 30.3 Å². The molecule has 27 heavy (non-hydrogen) atoms. The number of methoxy groups -OCH3 is 1. The molecule has 0 aromatic rings. The van der Waals surface area contributed by atoms with Crippen LogP contribution in [-0.2, 0) is 33.5 Å². The van der Waals surface area contributed by atoms with Crippen molar-refractivity contribution < 1.29 is 33.5 Å². The van der Waals surface area contributed by atoms with E-state index in [0.29, 0.717) is 11.8 Å². The van der Waals surface area contributed by atoms with Crippen molar-refractivity contribution in [2.45, 2.75) is 77.3 Å². The van der Waals surface area contributed by atoms with Crippen molar-refractivity contribution in [1.82, 2.24) is 0 Å². The third-order valence-corrected chi connectivity index (χ3v) is 7.21. The third-order valence-electron chi connectivity index (χ3n) is 7.21. The largest absolute Gasteiger partial charge is 0.469 e. The quantitative estimate of drug-likeness (QED) is 0.545. The number of carbonyl (C=O) groups is 1. The average molecular weight is 384 g/mol. The van der Waals surface area contributed by atoms with Gasteiger partial charge in [0.2, 0.25) is 5.79 Å². The summed E-state index contributed by atoms with van der Waals surface area (Å²) in [5.74, 6) is -0.219. The topological polar surface area (TPSA) is 72.5 Å². The molecule has 4 aliphatic heterocycles. The molecule has 7 heteroatoms. The van der Waals surface area contributed by atoms with Crippen molar-refractivity contribution in [2.75, 3.05) is 13.7 Å². The summed E-state index contributed by atoms with van der Waals surface area (Å²) in [6.45, 7) is 8.39. The molecule has 7 nitrogen and oxygen atoms in total. The van der Waals surface area contributed by atoms with Crippen molar-refractivity contribution in [3.05, 3.63) is 0 Å². The zero-order valence-corrected chi connectivity index (χ0v) is 16.9. The first kappa shape index (κ1) is 19.6. The molecule has 0 unspecified atom stereocenters. The molecule has 5 rings (SSSR count). The standard InChI is InChI=1S/C20H32O7/c1-11-6-7-15-13(3)17(23-10-12(2)16(21)22-5)24-18-20(15)14(11)8-9-19(4,25-18)26-27-20/h11-15,17-18H,6-10H2,1-5H3/t11-,12+,13-,14+,15+,17+,18-,19+,20-/m1/s1. The van der Waals surface area contributed by atoms with Crippen molar-refractivity contribution in [3.63, 3.8) is 0 Å². The number of ether oxygens (including phenoxy) is 4. The molecule has 0 aromatic carbocycles. The number of hydrogen-bond acceptors (Lipinski definition) is 7. The van der Waals surface area contributed by atoms with E-state index in [4.69, 9.17) is 28.7 Å². The van der Waals surface area contributed by atoms with Gasteiger partial charge in [0.05, 0.1) is 19.6 Å². The molecule has 4 saturated heterocycles. The van der Waals surface area contributed by atoms with Crippen LogP contribution in [0.2, 0.25) is 0 Å². The zero-order valence-electron chi connectivity index (χ0n) is 16.9. The summed E-state index contributed by atoms with van der Waals surface area (Å²) in [6, 6.07) is 0. The highest BCUT2D eigenvalue weighted by Gasteiger charge is 2.69.